The fourth-order valence-electron chi connectivity index (χ4n) is 1.88. The van der Waals surface area contributed by atoms with Crippen molar-refractivity contribution in [2.75, 3.05) is 7.11 Å². The highest BCUT2D eigenvalue weighted by molar-refractivity contribution is 5.73. The van der Waals surface area contributed by atoms with Crippen molar-refractivity contribution in [2.45, 2.75) is 38.8 Å². The van der Waals surface area contributed by atoms with Gasteiger partial charge >= 0.3 is 5.97 Å². The van der Waals surface area contributed by atoms with E-state index in [2.05, 4.69) is 5.32 Å². The Morgan fingerprint density at radius 2 is 2.22 bits per heavy atom. The van der Waals surface area contributed by atoms with E-state index >= 15 is 0 Å². The van der Waals surface area contributed by atoms with Crippen molar-refractivity contribution in [3.05, 3.63) is 29.8 Å². The maximum Gasteiger partial charge on any atom is 0.320 e. The molecule has 1 unspecified atom stereocenters. The van der Waals surface area contributed by atoms with E-state index in [9.17, 15) is 4.79 Å². The molecule has 0 saturated carbocycles. The summed E-state index contributed by atoms with van der Waals surface area (Å²) in [6.45, 7) is 3.94. The summed E-state index contributed by atoms with van der Waals surface area (Å²) < 4.78 is 5.16. The van der Waals surface area contributed by atoms with E-state index in [0.29, 0.717) is 6.42 Å². The minimum Gasteiger partial charge on any atom is -0.497 e. The summed E-state index contributed by atoms with van der Waals surface area (Å²) in [7, 11) is 1.62. The molecule has 0 heterocycles. The minimum atomic E-state index is -0.799. The topological polar surface area (TPSA) is 58.6 Å². The molecule has 0 saturated heterocycles. The van der Waals surface area contributed by atoms with Gasteiger partial charge < -0.3 is 9.84 Å². The monoisotopic (exact) mass is 251 g/mol. The molecule has 0 spiro atoms. The number of carboxylic acid groups (broad SMARTS) is 1. The van der Waals surface area contributed by atoms with Crippen molar-refractivity contribution in [3.8, 4) is 5.75 Å². The number of carbonyl (C=O) groups is 1. The maximum atomic E-state index is 11.1. The lowest BCUT2D eigenvalue weighted by Gasteiger charge is -2.20. The first-order valence-electron chi connectivity index (χ1n) is 6.21. The Morgan fingerprint density at radius 1 is 1.50 bits per heavy atom. The zero-order chi connectivity index (χ0) is 13.5. The van der Waals surface area contributed by atoms with Crippen LogP contribution in [-0.4, -0.2) is 24.2 Å². The molecule has 1 aromatic rings. The normalized spacial score (nSPS) is 13.9. The quantitative estimate of drug-likeness (QED) is 0.782. The smallest absolute Gasteiger partial charge is 0.320 e. The highest BCUT2D eigenvalue weighted by Gasteiger charge is 2.19. The van der Waals surface area contributed by atoms with Gasteiger partial charge in [0.1, 0.15) is 11.8 Å². The second-order valence-electron chi connectivity index (χ2n) is 4.34. The lowest BCUT2D eigenvalue weighted by molar-refractivity contribution is -0.139. The van der Waals surface area contributed by atoms with Gasteiger partial charge in [-0.1, -0.05) is 25.5 Å². The molecule has 0 amide bonds. The predicted octanol–water partition coefficient (Wildman–Crippen LogP) is 2.60. The van der Waals surface area contributed by atoms with Gasteiger partial charge in [0.25, 0.3) is 0 Å². The Morgan fingerprint density at radius 3 is 2.78 bits per heavy atom. The number of nitrogens with one attached hydrogen (secondary N) is 1. The lowest BCUT2D eigenvalue weighted by atomic mass is 10.1. The summed E-state index contributed by atoms with van der Waals surface area (Å²) in [4.78, 5) is 11.1. The molecule has 2 N–H and O–H groups in total. The van der Waals surface area contributed by atoms with Gasteiger partial charge in [0.15, 0.2) is 0 Å². The average Bonchev–Trinajstić information content (AvgIpc) is 2.38. The summed E-state index contributed by atoms with van der Waals surface area (Å²) in [5.41, 5.74) is 1.02. The molecule has 2 atom stereocenters. The van der Waals surface area contributed by atoms with Crippen LogP contribution in [0.2, 0.25) is 0 Å². The van der Waals surface area contributed by atoms with Gasteiger partial charge in [0.05, 0.1) is 7.11 Å². The standard InChI is InChI=1S/C14H21NO3/c1-4-6-13(14(16)17)15-10(2)11-7-5-8-12(9-11)18-3/h5,7-10,13,15H,4,6H2,1-3H3,(H,16,17)/t10-,13?/m1/s1. The lowest BCUT2D eigenvalue weighted by Crippen LogP contribution is -2.38. The van der Waals surface area contributed by atoms with Crippen LogP contribution >= 0.6 is 0 Å². The SMILES string of the molecule is CCCC(N[C@H](C)c1cccc(OC)c1)C(=O)O. The van der Waals surface area contributed by atoms with Crippen LogP contribution in [0.3, 0.4) is 0 Å². The number of rotatable bonds is 7. The molecule has 0 aliphatic carbocycles. The van der Waals surface area contributed by atoms with Crippen LogP contribution in [0.5, 0.6) is 5.75 Å². The minimum absolute atomic E-state index is 0.0206. The highest BCUT2D eigenvalue weighted by Crippen LogP contribution is 2.19. The van der Waals surface area contributed by atoms with Gasteiger partial charge in [-0.2, -0.15) is 0 Å². The van der Waals surface area contributed by atoms with Gasteiger partial charge in [0.2, 0.25) is 0 Å². The third-order valence-corrected chi connectivity index (χ3v) is 2.92. The number of benzene rings is 1. The van der Waals surface area contributed by atoms with Crippen LogP contribution in [0.1, 0.15) is 38.3 Å². The molecule has 4 nitrogen and oxygen atoms in total. The number of methoxy groups -OCH3 is 1. The van der Waals surface area contributed by atoms with Gasteiger partial charge in [-0.3, -0.25) is 10.1 Å². The number of aliphatic carboxylic acids is 1. The zero-order valence-corrected chi connectivity index (χ0v) is 11.1. The third-order valence-electron chi connectivity index (χ3n) is 2.92. The van der Waals surface area contributed by atoms with Crippen LogP contribution in [-0.2, 0) is 4.79 Å². The molecule has 100 valence electrons. The van der Waals surface area contributed by atoms with Crippen LogP contribution in [0.25, 0.3) is 0 Å². The molecule has 4 heteroatoms. The van der Waals surface area contributed by atoms with Crippen LogP contribution in [0.15, 0.2) is 24.3 Å². The van der Waals surface area contributed by atoms with E-state index in [0.717, 1.165) is 17.7 Å². The molecule has 1 aromatic carbocycles. The summed E-state index contributed by atoms with van der Waals surface area (Å²) >= 11 is 0. The molecule has 0 bridgehead atoms. The molecular formula is C14H21NO3. The Kier molecular flexibility index (Phi) is 5.65. The van der Waals surface area contributed by atoms with Crippen molar-refractivity contribution in [2.24, 2.45) is 0 Å². The Hall–Kier alpha value is -1.55. The summed E-state index contributed by atoms with van der Waals surface area (Å²) in [5, 5.41) is 12.2. The van der Waals surface area contributed by atoms with Crippen molar-refractivity contribution < 1.29 is 14.6 Å². The Bertz CT molecular complexity index is 392. The number of carboxylic acids is 1. The van der Waals surface area contributed by atoms with Crippen molar-refractivity contribution in [1.29, 1.82) is 0 Å². The number of ether oxygens (including phenoxy) is 1. The number of hydrogen-bond acceptors (Lipinski definition) is 3. The summed E-state index contributed by atoms with van der Waals surface area (Å²) in [6.07, 6.45) is 1.47. The maximum absolute atomic E-state index is 11.1. The third kappa shape index (κ3) is 4.04. The molecule has 1 rings (SSSR count). The fourth-order valence-corrected chi connectivity index (χ4v) is 1.88. The molecule has 0 aliphatic rings. The zero-order valence-electron chi connectivity index (χ0n) is 11.1. The van der Waals surface area contributed by atoms with E-state index in [-0.39, 0.29) is 6.04 Å². The van der Waals surface area contributed by atoms with E-state index < -0.39 is 12.0 Å². The van der Waals surface area contributed by atoms with Crippen LogP contribution < -0.4 is 10.1 Å². The van der Waals surface area contributed by atoms with E-state index in [1.165, 1.54) is 0 Å². The Labute approximate surface area is 108 Å². The van der Waals surface area contributed by atoms with Gasteiger partial charge in [0, 0.05) is 6.04 Å². The predicted molar refractivity (Wildman–Crippen MR) is 70.9 cm³/mol. The highest BCUT2D eigenvalue weighted by atomic mass is 16.5. The van der Waals surface area contributed by atoms with Crippen molar-refractivity contribution in [3.63, 3.8) is 0 Å². The molecule has 18 heavy (non-hydrogen) atoms. The molecule has 0 aromatic heterocycles. The van der Waals surface area contributed by atoms with Crippen LogP contribution in [0, 0.1) is 0 Å². The second kappa shape index (κ2) is 7.01. The molecular weight excluding hydrogens is 230 g/mol. The van der Waals surface area contributed by atoms with Crippen molar-refractivity contribution in [1.82, 2.24) is 5.32 Å². The molecule has 0 fully saturated rings. The van der Waals surface area contributed by atoms with E-state index in [1.54, 1.807) is 7.11 Å². The Balaban J connectivity index is 2.73. The molecule has 0 radical (unpaired) electrons. The summed E-state index contributed by atoms with van der Waals surface area (Å²) in [5.74, 6) is -0.0184. The number of hydrogen-bond donors (Lipinski definition) is 2. The van der Waals surface area contributed by atoms with Crippen molar-refractivity contribution >= 4 is 5.97 Å². The summed E-state index contributed by atoms with van der Waals surface area (Å²) in [6, 6.07) is 7.14. The first-order chi connectivity index (χ1) is 8.58. The fraction of sp³-hybridized carbons (Fsp3) is 0.500. The first kappa shape index (κ1) is 14.5. The largest absolute Gasteiger partial charge is 0.497 e. The van der Waals surface area contributed by atoms with E-state index in [4.69, 9.17) is 9.84 Å². The van der Waals surface area contributed by atoms with E-state index in [1.807, 2.05) is 38.1 Å². The van der Waals surface area contributed by atoms with Gasteiger partial charge in [-0.25, -0.2) is 0 Å². The second-order valence-corrected chi connectivity index (χ2v) is 4.34. The average molecular weight is 251 g/mol. The van der Waals surface area contributed by atoms with Crippen LogP contribution in [0.4, 0.5) is 0 Å². The van der Waals surface area contributed by atoms with Gasteiger partial charge in [-0.05, 0) is 31.0 Å². The first-order valence-corrected chi connectivity index (χ1v) is 6.21. The van der Waals surface area contributed by atoms with Gasteiger partial charge in [-0.15, -0.1) is 0 Å². The molecule has 0 aliphatic heterocycles.